The minimum absolute atomic E-state index is 0.0802. The Morgan fingerprint density at radius 2 is 1.70 bits per heavy atom. The van der Waals surface area contributed by atoms with Crippen molar-refractivity contribution in [3.63, 3.8) is 0 Å². The predicted octanol–water partition coefficient (Wildman–Crippen LogP) is 6.97. The van der Waals surface area contributed by atoms with Crippen molar-refractivity contribution in [2.45, 2.75) is 20.8 Å². The number of hydrogen-bond acceptors (Lipinski definition) is 5. The van der Waals surface area contributed by atoms with Gasteiger partial charge in [0, 0.05) is 45.8 Å². The second kappa shape index (κ2) is 9.60. The molecule has 200 valence electrons. The van der Waals surface area contributed by atoms with E-state index in [1.54, 1.807) is 30.9 Å². The van der Waals surface area contributed by atoms with Crippen molar-refractivity contribution < 1.29 is 13.9 Å². The summed E-state index contributed by atoms with van der Waals surface area (Å²) < 4.78 is 19.5. The van der Waals surface area contributed by atoms with Crippen molar-refractivity contribution in [1.29, 1.82) is 0 Å². The molecule has 0 atom stereocenters. The number of carbonyl (C=O) groups is 1. The maximum Gasteiger partial charge on any atom is 0.229 e. The van der Waals surface area contributed by atoms with Gasteiger partial charge in [-0.05, 0) is 47.5 Å². The number of pyridine rings is 2. The molecule has 40 heavy (non-hydrogen) atoms. The van der Waals surface area contributed by atoms with Crippen LogP contribution in [0.2, 0.25) is 0 Å². The molecule has 8 nitrogen and oxygen atoms in total. The van der Waals surface area contributed by atoms with E-state index < -0.39 is 5.41 Å². The number of nitrogens with one attached hydrogen (secondary N) is 3. The van der Waals surface area contributed by atoms with E-state index in [1.165, 1.54) is 19.2 Å². The molecule has 3 N–H and O–H groups in total. The second-order valence-electron chi connectivity index (χ2n) is 10.7. The first-order valence-corrected chi connectivity index (χ1v) is 12.8. The normalized spacial score (nSPS) is 11.7. The summed E-state index contributed by atoms with van der Waals surface area (Å²) in [4.78, 5) is 24.6. The molecule has 0 aliphatic carbocycles. The van der Waals surface area contributed by atoms with Crippen LogP contribution < -0.4 is 10.1 Å². The fourth-order valence-electron chi connectivity index (χ4n) is 4.63. The lowest BCUT2D eigenvalue weighted by Crippen LogP contribution is -2.27. The molecule has 4 heterocycles. The maximum absolute atomic E-state index is 14.3. The Morgan fingerprint density at radius 3 is 2.50 bits per heavy atom. The third kappa shape index (κ3) is 4.66. The summed E-state index contributed by atoms with van der Waals surface area (Å²) in [6.45, 7) is 5.60. The van der Waals surface area contributed by atoms with E-state index in [2.05, 4.69) is 30.5 Å². The van der Waals surface area contributed by atoms with Crippen LogP contribution in [0.3, 0.4) is 0 Å². The lowest BCUT2D eigenvalue weighted by Gasteiger charge is -2.17. The van der Waals surface area contributed by atoms with Crippen molar-refractivity contribution in [2.24, 2.45) is 5.41 Å². The maximum atomic E-state index is 14.3. The number of anilines is 1. The molecule has 1 amide bonds. The zero-order valence-electron chi connectivity index (χ0n) is 22.5. The van der Waals surface area contributed by atoms with Crippen LogP contribution >= 0.6 is 0 Å². The molecule has 2 aromatic carbocycles. The quantitative estimate of drug-likeness (QED) is 0.221. The van der Waals surface area contributed by atoms with Crippen molar-refractivity contribution in [3.05, 3.63) is 79.1 Å². The predicted molar refractivity (Wildman–Crippen MR) is 154 cm³/mol. The molecule has 4 aromatic heterocycles. The highest BCUT2D eigenvalue weighted by Crippen LogP contribution is 2.36. The number of hydrogen-bond donors (Lipinski definition) is 3. The van der Waals surface area contributed by atoms with Gasteiger partial charge in [-0.2, -0.15) is 5.10 Å². The van der Waals surface area contributed by atoms with Gasteiger partial charge in [0.05, 0.1) is 41.9 Å². The molecule has 0 saturated heterocycles. The number of halogens is 1. The van der Waals surface area contributed by atoms with Gasteiger partial charge >= 0.3 is 0 Å². The van der Waals surface area contributed by atoms with Gasteiger partial charge in [0.25, 0.3) is 0 Å². The van der Waals surface area contributed by atoms with Crippen molar-refractivity contribution >= 4 is 33.4 Å². The SMILES string of the molecule is COc1cc(F)cc(-c2cncc3[nH]c(-c4n[nH]c5ccc(-c6cncc(NC(=O)C(C)(C)C)c6)cc45)cc23)c1. The molecule has 0 spiro atoms. The van der Waals surface area contributed by atoms with Crippen molar-refractivity contribution in [3.8, 4) is 39.4 Å². The number of ether oxygens (including phenoxy) is 1. The Kier molecular flexibility index (Phi) is 6.06. The number of amides is 1. The third-order valence-electron chi connectivity index (χ3n) is 6.79. The van der Waals surface area contributed by atoms with Gasteiger partial charge in [-0.15, -0.1) is 0 Å². The molecular formula is C31H27FN6O2. The van der Waals surface area contributed by atoms with Crippen LogP contribution in [0, 0.1) is 11.2 Å². The van der Waals surface area contributed by atoms with Gasteiger partial charge in [0.1, 0.15) is 17.3 Å². The van der Waals surface area contributed by atoms with E-state index in [0.717, 1.165) is 49.9 Å². The Balaban J connectivity index is 1.40. The zero-order valence-corrected chi connectivity index (χ0v) is 22.5. The summed E-state index contributed by atoms with van der Waals surface area (Å²) in [6.07, 6.45) is 6.86. The first-order valence-electron chi connectivity index (χ1n) is 12.8. The summed E-state index contributed by atoms with van der Waals surface area (Å²) in [6, 6.07) is 14.5. The van der Waals surface area contributed by atoms with Crippen LogP contribution in [0.4, 0.5) is 10.1 Å². The van der Waals surface area contributed by atoms with E-state index in [0.29, 0.717) is 17.0 Å². The second-order valence-corrected chi connectivity index (χ2v) is 10.7. The standard InChI is InChI=1S/C31H27FN6O2/c1-31(2,3)30(39)35-21-8-19(13-33-14-21)17-5-6-26-24(10-17)29(38-37-26)27-12-23-25(15-34-16-28(23)36-27)18-7-20(32)11-22(9-18)40-4/h5-16,36H,1-4H3,(H,35,39)(H,37,38). The van der Waals surface area contributed by atoms with Gasteiger partial charge < -0.3 is 15.0 Å². The van der Waals surface area contributed by atoms with Crippen molar-refractivity contribution in [2.75, 3.05) is 12.4 Å². The van der Waals surface area contributed by atoms with E-state index in [1.807, 2.05) is 51.1 Å². The number of H-pyrrole nitrogens is 2. The first kappa shape index (κ1) is 25.2. The van der Waals surface area contributed by atoms with Crippen LogP contribution in [-0.4, -0.2) is 38.2 Å². The van der Waals surface area contributed by atoms with Gasteiger partial charge in [0.15, 0.2) is 0 Å². The largest absolute Gasteiger partial charge is 0.497 e. The minimum Gasteiger partial charge on any atom is -0.497 e. The Morgan fingerprint density at radius 1 is 0.875 bits per heavy atom. The average Bonchev–Trinajstić information content (AvgIpc) is 3.56. The third-order valence-corrected chi connectivity index (χ3v) is 6.79. The van der Waals surface area contributed by atoms with Gasteiger partial charge in [-0.1, -0.05) is 26.8 Å². The smallest absolute Gasteiger partial charge is 0.229 e. The van der Waals surface area contributed by atoms with Crippen LogP contribution in [-0.2, 0) is 4.79 Å². The van der Waals surface area contributed by atoms with E-state index >= 15 is 0 Å². The summed E-state index contributed by atoms with van der Waals surface area (Å²) >= 11 is 0. The number of aromatic nitrogens is 5. The van der Waals surface area contributed by atoms with Crippen molar-refractivity contribution in [1.82, 2.24) is 25.1 Å². The topological polar surface area (TPSA) is 109 Å². The number of carbonyl (C=O) groups excluding carboxylic acids is 1. The molecule has 0 bridgehead atoms. The van der Waals surface area contributed by atoms with E-state index in [-0.39, 0.29) is 11.7 Å². The molecule has 0 unspecified atom stereocenters. The summed E-state index contributed by atoms with van der Waals surface area (Å²) in [7, 11) is 1.51. The molecule has 0 saturated carbocycles. The molecule has 0 fully saturated rings. The number of fused-ring (bicyclic) bond motifs is 2. The molecule has 6 aromatic rings. The summed E-state index contributed by atoms with van der Waals surface area (Å²) in [5, 5.41) is 12.4. The van der Waals surface area contributed by atoms with Crippen LogP contribution in [0.15, 0.2) is 73.3 Å². The molecule has 9 heteroatoms. The molecule has 0 aliphatic heterocycles. The number of rotatable bonds is 5. The average molecular weight is 535 g/mol. The Hall–Kier alpha value is -5.05. The highest BCUT2D eigenvalue weighted by Gasteiger charge is 2.21. The fraction of sp³-hybridized carbons (Fsp3) is 0.161. The lowest BCUT2D eigenvalue weighted by molar-refractivity contribution is -0.123. The minimum atomic E-state index is -0.518. The van der Waals surface area contributed by atoms with Crippen LogP contribution in [0.5, 0.6) is 5.75 Å². The van der Waals surface area contributed by atoms with Crippen LogP contribution in [0.25, 0.3) is 55.4 Å². The van der Waals surface area contributed by atoms with Gasteiger partial charge in [-0.3, -0.25) is 19.9 Å². The first-order chi connectivity index (χ1) is 19.2. The summed E-state index contributed by atoms with van der Waals surface area (Å²) in [5.74, 6) is -0.0297. The van der Waals surface area contributed by atoms with Crippen LogP contribution in [0.1, 0.15) is 20.8 Å². The van der Waals surface area contributed by atoms with Gasteiger partial charge in [-0.25, -0.2) is 4.39 Å². The molecule has 0 radical (unpaired) electrons. The molecule has 0 aliphatic rings. The Labute approximate surface area is 229 Å². The number of methoxy groups -OCH3 is 1. The monoisotopic (exact) mass is 534 g/mol. The molecule has 6 rings (SSSR count). The lowest BCUT2D eigenvalue weighted by atomic mass is 9.95. The highest BCUT2D eigenvalue weighted by molar-refractivity contribution is 6.01. The fourth-order valence-corrected chi connectivity index (χ4v) is 4.63. The molecular weight excluding hydrogens is 507 g/mol. The van der Waals surface area contributed by atoms with E-state index in [9.17, 15) is 9.18 Å². The van der Waals surface area contributed by atoms with Gasteiger partial charge in [0.2, 0.25) is 5.91 Å². The number of nitrogens with zero attached hydrogens (tertiary/aromatic N) is 3. The highest BCUT2D eigenvalue weighted by atomic mass is 19.1. The zero-order chi connectivity index (χ0) is 28.0. The van der Waals surface area contributed by atoms with E-state index in [4.69, 9.17) is 4.74 Å². The number of aromatic amines is 2. The number of benzene rings is 2. The summed E-state index contributed by atoms with van der Waals surface area (Å²) in [5.41, 5.74) is 6.56. The Bertz CT molecular complexity index is 1900.